The second-order valence-electron chi connectivity index (χ2n) is 6.71. The Morgan fingerprint density at radius 3 is 2.48 bits per heavy atom. The van der Waals surface area contributed by atoms with Crippen LogP contribution in [0.4, 0.5) is 5.69 Å². The fourth-order valence-corrected chi connectivity index (χ4v) is 3.42. The molecule has 1 atom stereocenters. The fourth-order valence-electron chi connectivity index (χ4n) is 3.25. The van der Waals surface area contributed by atoms with Gasteiger partial charge in [0.15, 0.2) is 0 Å². The number of halogens is 1. The molecule has 1 N–H and O–H groups in total. The van der Waals surface area contributed by atoms with Crippen molar-refractivity contribution >= 4 is 34.1 Å². The lowest BCUT2D eigenvalue weighted by Crippen LogP contribution is -2.24. The highest BCUT2D eigenvalue weighted by Crippen LogP contribution is 2.32. The molecule has 5 nitrogen and oxygen atoms in total. The van der Waals surface area contributed by atoms with Gasteiger partial charge in [0.25, 0.3) is 0 Å². The summed E-state index contributed by atoms with van der Waals surface area (Å²) in [6.07, 6.45) is 0. The molecule has 0 bridgehead atoms. The molecule has 0 aliphatic rings. The largest absolute Gasteiger partial charge is 0.497 e. The van der Waals surface area contributed by atoms with E-state index in [-0.39, 0.29) is 5.91 Å². The van der Waals surface area contributed by atoms with Crippen molar-refractivity contribution in [3.05, 3.63) is 77.8 Å². The molecule has 0 fully saturated rings. The maximum atomic E-state index is 12.9. The van der Waals surface area contributed by atoms with Crippen LogP contribution in [-0.2, 0) is 4.79 Å². The van der Waals surface area contributed by atoms with E-state index >= 15 is 0 Å². The zero-order chi connectivity index (χ0) is 20.4. The molecule has 3 aromatic carbocycles. The lowest BCUT2D eigenvalue weighted by atomic mass is 10.1. The lowest BCUT2D eigenvalue weighted by Gasteiger charge is -2.14. The SMILES string of the molecule is COc1ccc(NC(=O)[C@H](C)n2nc(-c3ccccc3)c3cc(Cl)ccc32)cc1. The van der Waals surface area contributed by atoms with Crippen LogP contribution in [0.3, 0.4) is 0 Å². The lowest BCUT2D eigenvalue weighted by molar-refractivity contribution is -0.118. The Kier molecular flexibility index (Phi) is 5.23. The van der Waals surface area contributed by atoms with Gasteiger partial charge in [-0.05, 0) is 49.4 Å². The van der Waals surface area contributed by atoms with E-state index in [1.165, 1.54) is 0 Å². The second-order valence-corrected chi connectivity index (χ2v) is 7.15. The molecule has 4 aromatic rings. The van der Waals surface area contributed by atoms with Crippen LogP contribution in [0.1, 0.15) is 13.0 Å². The molecule has 4 rings (SSSR count). The third kappa shape index (κ3) is 3.82. The van der Waals surface area contributed by atoms with Crippen molar-refractivity contribution in [1.82, 2.24) is 9.78 Å². The van der Waals surface area contributed by atoms with E-state index in [0.29, 0.717) is 10.7 Å². The first-order valence-corrected chi connectivity index (χ1v) is 9.62. The van der Waals surface area contributed by atoms with E-state index in [0.717, 1.165) is 27.9 Å². The molecule has 6 heteroatoms. The molecule has 0 aliphatic carbocycles. The number of nitrogens with zero attached hydrogens (tertiary/aromatic N) is 2. The van der Waals surface area contributed by atoms with Crippen molar-refractivity contribution in [2.45, 2.75) is 13.0 Å². The van der Waals surface area contributed by atoms with Crippen LogP contribution in [0.2, 0.25) is 5.02 Å². The van der Waals surface area contributed by atoms with E-state index in [9.17, 15) is 4.79 Å². The predicted molar refractivity (Wildman–Crippen MR) is 117 cm³/mol. The molecule has 0 saturated carbocycles. The second kappa shape index (κ2) is 7.97. The Bertz CT molecular complexity index is 1150. The molecule has 0 aliphatic heterocycles. The molecule has 0 spiro atoms. The number of carbonyl (C=O) groups excluding carboxylic acids is 1. The normalized spacial score (nSPS) is 12.0. The van der Waals surface area contributed by atoms with Gasteiger partial charge in [-0.1, -0.05) is 41.9 Å². The predicted octanol–water partition coefficient (Wildman–Crippen LogP) is 5.57. The van der Waals surface area contributed by atoms with E-state index in [1.54, 1.807) is 36.1 Å². The van der Waals surface area contributed by atoms with Crippen LogP contribution in [0.15, 0.2) is 72.8 Å². The molecular weight excluding hydrogens is 386 g/mol. The standard InChI is InChI=1S/C23H20ClN3O2/c1-15(23(28)25-18-9-11-19(29-2)12-10-18)27-21-13-8-17(24)14-20(21)22(26-27)16-6-4-3-5-7-16/h3-15H,1-2H3,(H,25,28)/t15-/m0/s1. The van der Waals surface area contributed by atoms with Crippen molar-refractivity contribution in [2.24, 2.45) is 0 Å². The van der Waals surface area contributed by atoms with Crippen molar-refractivity contribution in [3.8, 4) is 17.0 Å². The van der Waals surface area contributed by atoms with Crippen molar-refractivity contribution in [1.29, 1.82) is 0 Å². The Balaban J connectivity index is 1.70. The number of rotatable bonds is 5. The van der Waals surface area contributed by atoms with Gasteiger partial charge in [-0.25, -0.2) is 0 Å². The Morgan fingerprint density at radius 2 is 1.79 bits per heavy atom. The average Bonchev–Trinajstić information content (AvgIpc) is 3.13. The molecule has 1 aromatic heterocycles. The third-order valence-corrected chi connectivity index (χ3v) is 5.05. The Labute approximate surface area is 173 Å². The first-order valence-electron chi connectivity index (χ1n) is 9.25. The molecule has 1 amide bonds. The maximum Gasteiger partial charge on any atom is 0.248 e. The first kappa shape index (κ1) is 19.0. The van der Waals surface area contributed by atoms with Crippen LogP contribution in [-0.4, -0.2) is 22.8 Å². The van der Waals surface area contributed by atoms with E-state index in [4.69, 9.17) is 21.4 Å². The van der Waals surface area contributed by atoms with Gasteiger partial charge in [-0.3, -0.25) is 9.48 Å². The van der Waals surface area contributed by atoms with Gasteiger partial charge in [0.05, 0.1) is 12.6 Å². The van der Waals surface area contributed by atoms with E-state index in [2.05, 4.69) is 5.32 Å². The van der Waals surface area contributed by atoms with Gasteiger partial charge in [0, 0.05) is 21.7 Å². The summed E-state index contributed by atoms with van der Waals surface area (Å²) in [5.41, 5.74) is 3.32. The minimum atomic E-state index is -0.516. The zero-order valence-corrected chi connectivity index (χ0v) is 16.9. The number of anilines is 1. The monoisotopic (exact) mass is 405 g/mol. The van der Waals surface area contributed by atoms with Gasteiger partial charge in [0.2, 0.25) is 5.91 Å². The summed E-state index contributed by atoms with van der Waals surface area (Å²) in [5, 5.41) is 9.24. The number of fused-ring (bicyclic) bond motifs is 1. The quantitative estimate of drug-likeness (QED) is 0.472. The van der Waals surface area contributed by atoms with Crippen molar-refractivity contribution in [2.75, 3.05) is 12.4 Å². The molecule has 0 radical (unpaired) electrons. The van der Waals surface area contributed by atoms with Crippen molar-refractivity contribution < 1.29 is 9.53 Å². The van der Waals surface area contributed by atoms with Gasteiger partial charge < -0.3 is 10.1 Å². The summed E-state index contributed by atoms with van der Waals surface area (Å²) in [5.74, 6) is 0.577. The molecule has 1 heterocycles. The zero-order valence-electron chi connectivity index (χ0n) is 16.1. The number of nitrogens with one attached hydrogen (secondary N) is 1. The van der Waals surface area contributed by atoms with Gasteiger partial charge in [0.1, 0.15) is 17.5 Å². The number of carbonyl (C=O) groups is 1. The number of amides is 1. The van der Waals surface area contributed by atoms with Crippen LogP contribution in [0.25, 0.3) is 22.2 Å². The van der Waals surface area contributed by atoms with Crippen molar-refractivity contribution in [3.63, 3.8) is 0 Å². The summed E-state index contributed by atoms with van der Waals surface area (Å²) in [4.78, 5) is 12.9. The number of benzene rings is 3. The van der Waals surface area contributed by atoms with Crippen LogP contribution in [0.5, 0.6) is 5.75 Å². The number of aromatic nitrogens is 2. The maximum absolute atomic E-state index is 12.9. The van der Waals surface area contributed by atoms with Crippen LogP contribution >= 0.6 is 11.6 Å². The summed E-state index contributed by atoms with van der Waals surface area (Å²) >= 11 is 6.23. The average molecular weight is 406 g/mol. The fraction of sp³-hybridized carbons (Fsp3) is 0.130. The summed E-state index contributed by atoms with van der Waals surface area (Å²) in [6, 6.07) is 22.2. The highest BCUT2D eigenvalue weighted by Gasteiger charge is 2.21. The topological polar surface area (TPSA) is 56.1 Å². The minimum Gasteiger partial charge on any atom is -0.497 e. The number of ether oxygens (including phenoxy) is 1. The molecule has 0 saturated heterocycles. The summed E-state index contributed by atoms with van der Waals surface area (Å²) in [6.45, 7) is 1.83. The summed E-state index contributed by atoms with van der Waals surface area (Å²) < 4.78 is 6.90. The highest BCUT2D eigenvalue weighted by atomic mass is 35.5. The number of hydrogen-bond acceptors (Lipinski definition) is 3. The van der Waals surface area contributed by atoms with Crippen LogP contribution < -0.4 is 10.1 Å². The Hall–Kier alpha value is -3.31. The first-order chi connectivity index (χ1) is 14.1. The van der Waals surface area contributed by atoms with Gasteiger partial charge in [-0.2, -0.15) is 5.10 Å². The smallest absolute Gasteiger partial charge is 0.248 e. The third-order valence-electron chi connectivity index (χ3n) is 4.82. The number of hydrogen-bond donors (Lipinski definition) is 1. The van der Waals surface area contributed by atoms with E-state index < -0.39 is 6.04 Å². The number of methoxy groups -OCH3 is 1. The molecule has 0 unspecified atom stereocenters. The molecule has 29 heavy (non-hydrogen) atoms. The Morgan fingerprint density at radius 1 is 1.07 bits per heavy atom. The summed E-state index contributed by atoms with van der Waals surface area (Å²) in [7, 11) is 1.61. The molecule has 146 valence electrons. The molecular formula is C23H20ClN3O2. The minimum absolute atomic E-state index is 0.158. The van der Waals surface area contributed by atoms with E-state index in [1.807, 2.05) is 55.5 Å². The highest BCUT2D eigenvalue weighted by molar-refractivity contribution is 6.31. The van der Waals surface area contributed by atoms with Gasteiger partial charge >= 0.3 is 0 Å². The van der Waals surface area contributed by atoms with Gasteiger partial charge in [-0.15, -0.1) is 0 Å². The van der Waals surface area contributed by atoms with Crippen LogP contribution in [0, 0.1) is 0 Å².